The summed E-state index contributed by atoms with van der Waals surface area (Å²) < 4.78 is 4.66. The Labute approximate surface area is 103 Å². The van der Waals surface area contributed by atoms with Gasteiger partial charge in [0.2, 0.25) is 0 Å². The van der Waals surface area contributed by atoms with Gasteiger partial charge in [-0.25, -0.2) is 4.79 Å². The molecule has 1 N–H and O–H groups in total. The fourth-order valence-electron chi connectivity index (χ4n) is 1.63. The molecule has 0 bridgehead atoms. The van der Waals surface area contributed by atoms with Crippen LogP contribution in [0.15, 0.2) is 24.3 Å². The molecule has 0 aliphatic heterocycles. The molecule has 0 amide bonds. The number of hydrogen-bond donors (Lipinski definition) is 1. The smallest absolute Gasteiger partial charge is 0.327 e. The van der Waals surface area contributed by atoms with Crippen molar-refractivity contribution >= 4 is 11.7 Å². The summed E-state index contributed by atoms with van der Waals surface area (Å²) in [4.78, 5) is 11.3. The van der Waals surface area contributed by atoms with E-state index in [0.717, 1.165) is 12.1 Å². The summed E-state index contributed by atoms with van der Waals surface area (Å²) in [6, 6.07) is 7.87. The lowest BCUT2D eigenvalue weighted by Gasteiger charge is -2.14. The quantitative estimate of drug-likeness (QED) is 0.797. The van der Waals surface area contributed by atoms with E-state index in [9.17, 15) is 4.79 Å². The molecule has 1 aromatic rings. The lowest BCUT2D eigenvalue weighted by atomic mass is 9.98. The van der Waals surface area contributed by atoms with Crippen molar-refractivity contribution < 1.29 is 9.53 Å². The lowest BCUT2D eigenvalue weighted by molar-refractivity contribution is -0.141. The largest absolute Gasteiger partial charge is 0.467 e. The number of benzene rings is 1. The first-order chi connectivity index (χ1) is 8.08. The number of hydrogen-bond acceptors (Lipinski definition) is 3. The van der Waals surface area contributed by atoms with Crippen LogP contribution in [0.5, 0.6) is 0 Å². The molecule has 1 aromatic carbocycles. The van der Waals surface area contributed by atoms with Gasteiger partial charge in [-0.1, -0.05) is 26.0 Å². The van der Waals surface area contributed by atoms with Gasteiger partial charge in [0.25, 0.3) is 0 Å². The molecule has 0 spiro atoms. The predicted molar refractivity (Wildman–Crippen MR) is 70.2 cm³/mol. The number of anilines is 1. The van der Waals surface area contributed by atoms with Gasteiger partial charge in [0.15, 0.2) is 0 Å². The minimum Gasteiger partial charge on any atom is -0.467 e. The zero-order chi connectivity index (χ0) is 12.8. The predicted octanol–water partition coefficient (Wildman–Crippen LogP) is 3.17. The van der Waals surface area contributed by atoms with Gasteiger partial charge in [0.05, 0.1) is 7.11 Å². The first-order valence-corrected chi connectivity index (χ1v) is 6.02. The van der Waals surface area contributed by atoms with E-state index >= 15 is 0 Å². The molecule has 1 rings (SSSR count). The highest BCUT2D eigenvalue weighted by atomic mass is 16.5. The maximum Gasteiger partial charge on any atom is 0.327 e. The maximum atomic E-state index is 11.3. The molecule has 94 valence electrons. The Morgan fingerprint density at radius 2 is 1.88 bits per heavy atom. The van der Waals surface area contributed by atoms with Crippen LogP contribution in [0, 0.1) is 0 Å². The Bertz CT molecular complexity index is 359. The average Bonchev–Trinajstić information content (AvgIpc) is 2.37. The summed E-state index contributed by atoms with van der Waals surface area (Å²) >= 11 is 0. The van der Waals surface area contributed by atoms with Crippen LogP contribution in [0.25, 0.3) is 0 Å². The summed E-state index contributed by atoms with van der Waals surface area (Å²) in [5.74, 6) is 0.318. The molecule has 2 unspecified atom stereocenters. The van der Waals surface area contributed by atoms with Crippen LogP contribution in [0.2, 0.25) is 0 Å². The molecule has 0 aromatic heterocycles. The van der Waals surface area contributed by atoms with E-state index < -0.39 is 0 Å². The highest BCUT2D eigenvalue weighted by molar-refractivity contribution is 5.78. The fraction of sp³-hybridized carbons (Fsp3) is 0.500. The number of ether oxygens (including phenoxy) is 1. The average molecular weight is 235 g/mol. The molecule has 2 atom stereocenters. The van der Waals surface area contributed by atoms with Crippen LogP contribution in [-0.2, 0) is 9.53 Å². The first kappa shape index (κ1) is 13.6. The van der Waals surface area contributed by atoms with Gasteiger partial charge in [-0.2, -0.15) is 0 Å². The van der Waals surface area contributed by atoms with Crippen molar-refractivity contribution in [2.24, 2.45) is 0 Å². The zero-order valence-corrected chi connectivity index (χ0v) is 11.0. The SMILES string of the molecule is CCC(C)c1ccc(NC(C)C(=O)OC)cc1. The molecule has 0 fully saturated rings. The van der Waals surface area contributed by atoms with Crippen LogP contribution in [0.3, 0.4) is 0 Å². The summed E-state index contributed by atoms with van der Waals surface area (Å²) in [7, 11) is 1.40. The van der Waals surface area contributed by atoms with Gasteiger partial charge in [0, 0.05) is 5.69 Å². The van der Waals surface area contributed by atoms with E-state index in [1.54, 1.807) is 6.92 Å². The summed E-state index contributed by atoms with van der Waals surface area (Å²) in [6.07, 6.45) is 1.13. The fourth-order valence-corrected chi connectivity index (χ4v) is 1.63. The molecule has 3 heteroatoms. The molecular weight excluding hydrogens is 214 g/mol. The molecular formula is C14H21NO2. The molecule has 0 saturated carbocycles. The van der Waals surface area contributed by atoms with E-state index in [4.69, 9.17) is 0 Å². The van der Waals surface area contributed by atoms with Crippen LogP contribution >= 0.6 is 0 Å². The zero-order valence-electron chi connectivity index (χ0n) is 11.0. The van der Waals surface area contributed by atoms with E-state index in [2.05, 4.69) is 36.0 Å². The van der Waals surface area contributed by atoms with Crippen LogP contribution in [0.4, 0.5) is 5.69 Å². The maximum absolute atomic E-state index is 11.3. The molecule has 0 saturated heterocycles. The summed E-state index contributed by atoms with van der Waals surface area (Å²) in [6.45, 7) is 6.17. The highest BCUT2D eigenvalue weighted by Crippen LogP contribution is 2.20. The Balaban J connectivity index is 2.65. The molecule has 0 aliphatic rings. The topological polar surface area (TPSA) is 38.3 Å². The van der Waals surface area contributed by atoms with Gasteiger partial charge in [0.1, 0.15) is 6.04 Å². The Morgan fingerprint density at radius 3 is 2.35 bits per heavy atom. The first-order valence-electron chi connectivity index (χ1n) is 6.02. The molecule has 0 heterocycles. The van der Waals surface area contributed by atoms with Gasteiger partial charge in [-0.15, -0.1) is 0 Å². The summed E-state index contributed by atoms with van der Waals surface area (Å²) in [5, 5.41) is 3.10. The van der Waals surface area contributed by atoms with Crippen LogP contribution in [-0.4, -0.2) is 19.1 Å². The van der Waals surface area contributed by atoms with Crippen molar-refractivity contribution in [1.29, 1.82) is 0 Å². The van der Waals surface area contributed by atoms with Crippen molar-refractivity contribution in [3.63, 3.8) is 0 Å². The van der Waals surface area contributed by atoms with Crippen LogP contribution < -0.4 is 5.32 Å². The van der Waals surface area contributed by atoms with Gasteiger partial charge in [-0.05, 0) is 37.0 Å². The Morgan fingerprint density at radius 1 is 1.29 bits per heavy atom. The Kier molecular flexibility index (Phi) is 5.01. The second-order valence-corrected chi connectivity index (χ2v) is 4.32. The summed E-state index contributed by atoms with van der Waals surface area (Å²) in [5.41, 5.74) is 2.26. The third-order valence-corrected chi connectivity index (χ3v) is 3.03. The normalized spacial score (nSPS) is 13.9. The number of carbonyl (C=O) groups is 1. The number of methoxy groups -OCH3 is 1. The molecule has 0 aliphatic carbocycles. The third-order valence-electron chi connectivity index (χ3n) is 3.03. The monoisotopic (exact) mass is 235 g/mol. The molecule has 17 heavy (non-hydrogen) atoms. The number of carbonyl (C=O) groups excluding carboxylic acids is 1. The second-order valence-electron chi connectivity index (χ2n) is 4.32. The number of rotatable bonds is 5. The minimum atomic E-state index is -0.325. The Hall–Kier alpha value is -1.51. The van der Waals surface area contributed by atoms with E-state index in [1.165, 1.54) is 12.7 Å². The highest BCUT2D eigenvalue weighted by Gasteiger charge is 2.12. The van der Waals surface area contributed by atoms with Gasteiger partial charge >= 0.3 is 5.97 Å². The van der Waals surface area contributed by atoms with Crippen molar-refractivity contribution in [3.8, 4) is 0 Å². The standard InChI is InChI=1S/C14H21NO2/c1-5-10(2)12-6-8-13(9-7-12)15-11(3)14(16)17-4/h6-11,15H,5H2,1-4H3. The van der Waals surface area contributed by atoms with Crippen molar-refractivity contribution in [2.45, 2.75) is 39.2 Å². The van der Waals surface area contributed by atoms with E-state index in [-0.39, 0.29) is 12.0 Å². The van der Waals surface area contributed by atoms with E-state index in [0.29, 0.717) is 5.92 Å². The molecule has 0 radical (unpaired) electrons. The van der Waals surface area contributed by atoms with Crippen molar-refractivity contribution in [2.75, 3.05) is 12.4 Å². The second kappa shape index (κ2) is 6.28. The number of nitrogens with one attached hydrogen (secondary N) is 1. The number of esters is 1. The van der Waals surface area contributed by atoms with Gasteiger partial charge < -0.3 is 10.1 Å². The van der Waals surface area contributed by atoms with Crippen molar-refractivity contribution in [3.05, 3.63) is 29.8 Å². The lowest BCUT2D eigenvalue weighted by Crippen LogP contribution is -2.27. The minimum absolute atomic E-state index is 0.254. The van der Waals surface area contributed by atoms with Gasteiger partial charge in [-0.3, -0.25) is 0 Å². The van der Waals surface area contributed by atoms with Crippen LogP contribution in [0.1, 0.15) is 38.7 Å². The van der Waals surface area contributed by atoms with E-state index in [1.807, 2.05) is 12.1 Å². The third kappa shape index (κ3) is 3.77. The molecule has 3 nitrogen and oxygen atoms in total. The van der Waals surface area contributed by atoms with Crippen molar-refractivity contribution in [1.82, 2.24) is 0 Å².